The van der Waals surface area contributed by atoms with Crippen molar-refractivity contribution in [3.8, 4) is 0 Å². The zero-order valence-corrected chi connectivity index (χ0v) is 16.1. The largest absolute Gasteiger partial charge is 0.339 e. The quantitative estimate of drug-likeness (QED) is 0.796. The number of hydrogen-bond acceptors (Lipinski definition) is 2. The van der Waals surface area contributed by atoms with E-state index in [4.69, 9.17) is 0 Å². The van der Waals surface area contributed by atoms with Crippen LogP contribution in [0.25, 0.3) is 0 Å². The molecule has 0 saturated carbocycles. The van der Waals surface area contributed by atoms with Crippen LogP contribution in [-0.4, -0.2) is 41.8 Å². The van der Waals surface area contributed by atoms with Crippen molar-refractivity contribution in [2.45, 2.75) is 25.8 Å². The van der Waals surface area contributed by atoms with Crippen LogP contribution in [0.4, 0.5) is 8.78 Å². The first kappa shape index (κ1) is 20.0. The van der Waals surface area contributed by atoms with Crippen LogP contribution in [0.1, 0.15) is 41.7 Å². The maximum Gasteiger partial charge on any atom is 0.253 e. The van der Waals surface area contributed by atoms with Gasteiger partial charge in [-0.3, -0.25) is 9.59 Å². The fourth-order valence-corrected chi connectivity index (χ4v) is 3.58. The van der Waals surface area contributed by atoms with Gasteiger partial charge in [0.05, 0.1) is 12.0 Å². The van der Waals surface area contributed by atoms with Gasteiger partial charge < -0.3 is 9.80 Å². The van der Waals surface area contributed by atoms with E-state index in [1.807, 2.05) is 6.92 Å². The minimum absolute atomic E-state index is 0.0339. The summed E-state index contributed by atoms with van der Waals surface area (Å²) in [5.41, 5.74) is 1.27. The highest BCUT2D eigenvalue weighted by Gasteiger charge is 2.32. The molecule has 1 aliphatic rings. The Bertz CT molecular complexity index is 837. The van der Waals surface area contributed by atoms with Gasteiger partial charge in [-0.1, -0.05) is 12.1 Å². The fourth-order valence-electron chi connectivity index (χ4n) is 3.58. The summed E-state index contributed by atoms with van der Waals surface area (Å²) >= 11 is 0. The Morgan fingerprint density at radius 3 is 2.21 bits per heavy atom. The van der Waals surface area contributed by atoms with Gasteiger partial charge in [0.2, 0.25) is 5.91 Å². The molecule has 28 heavy (non-hydrogen) atoms. The molecule has 0 bridgehead atoms. The highest BCUT2D eigenvalue weighted by Crippen LogP contribution is 2.25. The summed E-state index contributed by atoms with van der Waals surface area (Å²) in [5, 5.41) is 0. The van der Waals surface area contributed by atoms with Gasteiger partial charge in [-0.2, -0.15) is 0 Å². The van der Waals surface area contributed by atoms with Crippen molar-refractivity contribution in [2.24, 2.45) is 5.92 Å². The van der Waals surface area contributed by atoms with E-state index in [2.05, 4.69) is 0 Å². The zero-order chi connectivity index (χ0) is 20.3. The number of benzene rings is 2. The third kappa shape index (κ3) is 4.38. The molecular weight excluding hydrogens is 362 g/mol. The Balaban J connectivity index is 1.67. The number of piperidine rings is 1. The normalized spacial score (nSPS) is 17.9. The number of hydrogen-bond donors (Lipinski definition) is 0. The topological polar surface area (TPSA) is 40.6 Å². The van der Waals surface area contributed by atoms with Gasteiger partial charge in [-0.25, -0.2) is 8.78 Å². The molecule has 0 radical (unpaired) electrons. The van der Waals surface area contributed by atoms with E-state index < -0.39 is 0 Å². The molecule has 2 atom stereocenters. The van der Waals surface area contributed by atoms with Crippen LogP contribution in [0, 0.1) is 17.6 Å². The predicted octanol–water partition coefficient (Wildman–Crippen LogP) is 4.04. The maximum absolute atomic E-state index is 13.1. The van der Waals surface area contributed by atoms with Gasteiger partial charge in [0, 0.05) is 25.7 Å². The van der Waals surface area contributed by atoms with Crippen LogP contribution >= 0.6 is 0 Å². The van der Waals surface area contributed by atoms with E-state index >= 15 is 0 Å². The molecule has 0 aliphatic carbocycles. The number of nitrogens with zero attached hydrogens (tertiary/aromatic N) is 2. The van der Waals surface area contributed by atoms with Gasteiger partial charge in [0.15, 0.2) is 0 Å². The number of carbonyl (C=O) groups excluding carboxylic acids is 2. The third-order valence-electron chi connectivity index (χ3n) is 5.43. The molecule has 2 aromatic rings. The molecular formula is C22H24F2N2O2. The number of likely N-dealkylation sites (tertiary alicyclic amines) is 1. The van der Waals surface area contributed by atoms with Crippen molar-refractivity contribution in [1.29, 1.82) is 0 Å². The Morgan fingerprint density at radius 1 is 1.04 bits per heavy atom. The zero-order valence-electron chi connectivity index (χ0n) is 16.1. The molecule has 0 N–H and O–H groups in total. The number of rotatable bonds is 4. The molecule has 2 amide bonds. The minimum atomic E-state index is -0.389. The van der Waals surface area contributed by atoms with Gasteiger partial charge in [-0.15, -0.1) is 0 Å². The average molecular weight is 386 g/mol. The second kappa shape index (κ2) is 8.50. The monoisotopic (exact) mass is 386 g/mol. The molecule has 1 heterocycles. The molecule has 0 aromatic heterocycles. The van der Waals surface area contributed by atoms with Crippen molar-refractivity contribution >= 4 is 11.8 Å². The van der Waals surface area contributed by atoms with E-state index in [0.29, 0.717) is 25.1 Å². The third-order valence-corrected chi connectivity index (χ3v) is 5.43. The summed E-state index contributed by atoms with van der Waals surface area (Å²) in [6.07, 6.45) is 1.45. The molecule has 1 fully saturated rings. The van der Waals surface area contributed by atoms with E-state index in [1.165, 1.54) is 36.4 Å². The highest BCUT2D eigenvalue weighted by atomic mass is 19.1. The van der Waals surface area contributed by atoms with Crippen molar-refractivity contribution in [3.05, 3.63) is 71.3 Å². The summed E-state index contributed by atoms with van der Waals surface area (Å²) < 4.78 is 26.2. The highest BCUT2D eigenvalue weighted by molar-refractivity contribution is 5.94. The first-order chi connectivity index (χ1) is 13.4. The summed E-state index contributed by atoms with van der Waals surface area (Å²) in [6.45, 7) is 2.82. The smallest absolute Gasteiger partial charge is 0.253 e. The van der Waals surface area contributed by atoms with Gasteiger partial charge >= 0.3 is 0 Å². The second-order valence-corrected chi connectivity index (χ2v) is 7.27. The molecule has 1 aliphatic heterocycles. The Morgan fingerprint density at radius 2 is 1.61 bits per heavy atom. The number of halogens is 2. The van der Waals surface area contributed by atoms with Gasteiger partial charge in [0.25, 0.3) is 5.91 Å². The van der Waals surface area contributed by atoms with E-state index in [1.54, 1.807) is 29.0 Å². The molecule has 1 saturated heterocycles. The van der Waals surface area contributed by atoms with Crippen LogP contribution in [0.2, 0.25) is 0 Å². The maximum atomic E-state index is 13.1. The van der Waals surface area contributed by atoms with E-state index in [0.717, 1.165) is 12.0 Å². The second-order valence-electron chi connectivity index (χ2n) is 7.27. The summed E-state index contributed by atoms with van der Waals surface area (Å²) in [7, 11) is 1.73. The Hall–Kier alpha value is -2.76. The molecule has 3 rings (SSSR count). The lowest BCUT2D eigenvalue weighted by molar-refractivity contribution is -0.137. The fraction of sp³-hybridized carbons (Fsp3) is 0.364. The average Bonchev–Trinajstić information content (AvgIpc) is 2.73. The summed E-state index contributed by atoms with van der Waals surface area (Å²) in [6, 6.07) is 11.4. The van der Waals surface area contributed by atoms with Crippen LogP contribution in [-0.2, 0) is 4.79 Å². The van der Waals surface area contributed by atoms with Gasteiger partial charge in [-0.05, 0) is 61.7 Å². The molecule has 2 unspecified atom stereocenters. The van der Waals surface area contributed by atoms with Crippen molar-refractivity contribution in [3.63, 3.8) is 0 Å². The van der Waals surface area contributed by atoms with E-state index in [9.17, 15) is 18.4 Å². The molecule has 2 aromatic carbocycles. The SMILES string of the molecule is CC(c1ccc(F)cc1)N(C)C(=O)C1CCCN(C(=O)c2ccc(F)cc2)C1. The van der Waals surface area contributed by atoms with Crippen LogP contribution in [0.3, 0.4) is 0 Å². The number of carbonyl (C=O) groups is 2. The van der Waals surface area contributed by atoms with Crippen LogP contribution in [0.5, 0.6) is 0 Å². The predicted molar refractivity (Wildman–Crippen MR) is 103 cm³/mol. The Kier molecular flexibility index (Phi) is 6.07. The molecule has 0 spiro atoms. The molecule has 148 valence electrons. The standard InChI is InChI=1S/C22H24F2N2O2/c1-15(16-5-9-19(23)10-6-16)25(2)21(27)18-4-3-13-26(14-18)22(28)17-7-11-20(24)12-8-17/h5-12,15,18H,3-4,13-14H2,1-2H3. The minimum Gasteiger partial charge on any atom is -0.339 e. The van der Waals surface area contributed by atoms with Crippen LogP contribution in [0.15, 0.2) is 48.5 Å². The first-order valence-corrected chi connectivity index (χ1v) is 9.44. The first-order valence-electron chi connectivity index (χ1n) is 9.44. The lowest BCUT2D eigenvalue weighted by Gasteiger charge is -2.36. The summed E-state index contributed by atoms with van der Waals surface area (Å²) in [5.74, 6) is -1.21. The number of amides is 2. The van der Waals surface area contributed by atoms with Gasteiger partial charge in [0.1, 0.15) is 11.6 Å². The molecule has 6 heteroatoms. The summed E-state index contributed by atoms with van der Waals surface area (Å²) in [4.78, 5) is 29.0. The van der Waals surface area contributed by atoms with Crippen molar-refractivity contribution < 1.29 is 18.4 Å². The lowest BCUT2D eigenvalue weighted by atomic mass is 9.95. The van der Waals surface area contributed by atoms with Crippen LogP contribution < -0.4 is 0 Å². The molecule has 4 nitrogen and oxygen atoms in total. The van der Waals surface area contributed by atoms with E-state index in [-0.39, 0.29) is 35.4 Å². The van der Waals surface area contributed by atoms with Crippen molar-refractivity contribution in [1.82, 2.24) is 9.80 Å². The van der Waals surface area contributed by atoms with Crippen molar-refractivity contribution in [2.75, 3.05) is 20.1 Å². The lowest BCUT2D eigenvalue weighted by Crippen LogP contribution is -2.46. The Labute approximate surface area is 163 Å².